The molecule has 0 amide bonds. The van der Waals surface area contributed by atoms with E-state index in [-0.39, 0.29) is 6.04 Å². The fourth-order valence-electron chi connectivity index (χ4n) is 3.03. The summed E-state index contributed by atoms with van der Waals surface area (Å²) in [5, 5.41) is 4.98. The Morgan fingerprint density at radius 1 is 1.20 bits per heavy atom. The number of hydrogen-bond acceptors (Lipinski definition) is 3. The molecule has 2 aliphatic rings. The zero-order valence-corrected chi connectivity index (χ0v) is 13.0. The predicted molar refractivity (Wildman–Crippen MR) is 80.9 cm³/mol. The second kappa shape index (κ2) is 6.10. The number of hydrogen-bond donors (Lipinski definition) is 1. The van der Waals surface area contributed by atoms with Crippen molar-refractivity contribution in [3.05, 3.63) is 27.7 Å². The van der Waals surface area contributed by atoms with Crippen LogP contribution in [0.15, 0.2) is 12.1 Å². The van der Waals surface area contributed by atoms with Gasteiger partial charge in [0, 0.05) is 35.7 Å². The quantitative estimate of drug-likeness (QED) is 0.895. The zero-order chi connectivity index (χ0) is 14.1. The van der Waals surface area contributed by atoms with Crippen molar-refractivity contribution in [1.82, 2.24) is 5.32 Å². The highest BCUT2D eigenvalue weighted by Crippen LogP contribution is 2.40. The zero-order valence-electron chi connectivity index (χ0n) is 11.5. The van der Waals surface area contributed by atoms with Crippen LogP contribution in [0.3, 0.4) is 0 Å². The molecule has 1 aromatic carbocycles. The largest absolute Gasteiger partial charge is 0.492 e. The maximum atomic E-state index is 6.22. The Kier molecular flexibility index (Phi) is 4.41. The number of halogens is 2. The first-order valence-corrected chi connectivity index (χ1v) is 7.88. The summed E-state index contributed by atoms with van der Waals surface area (Å²) in [6, 6.07) is 4.43. The van der Waals surface area contributed by atoms with Gasteiger partial charge in [-0.3, -0.25) is 0 Å². The van der Waals surface area contributed by atoms with Gasteiger partial charge in [0.25, 0.3) is 0 Å². The molecule has 2 aliphatic heterocycles. The third-order valence-electron chi connectivity index (χ3n) is 3.99. The van der Waals surface area contributed by atoms with Crippen LogP contribution in [0.4, 0.5) is 0 Å². The van der Waals surface area contributed by atoms with Crippen LogP contribution >= 0.6 is 23.2 Å². The van der Waals surface area contributed by atoms with Crippen molar-refractivity contribution in [3.63, 3.8) is 0 Å². The lowest BCUT2D eigenvalue weighted by Gasteiger charge is -2.34. The van der Waals surface area contributed by atoms with E-state index in [1.54, 1.807) is 6.07 Å². The van der Waals surface area contributed by atoms with E-state index < -0.39 is 0 Å². The molecule has 5 heteroatoms. The summed E-state index contributed by atoms with van der Waals surface area (Å²) in [5.41, 5.74) is 1.08. The van der Waals surface area contributed by atoms with Crippen LogP contribution in [0.1, 0.15) is 37.8 Å². The molecule has 0 saturated carbocycles. The van der Waals surface area contributed by atoms with Crippen LogP contribution in [-0.2, 0) is 4.74 Å². The van der Waals surface area contributed by atoms with Crippen molar-refractivity contribution in [3.8, 4) is 5.75 Å². The standard InChI is InChI=1S/C15H19Cl2NO2/c1-9-6-11(2-4-19-9)18-14-3-5-20-15-12(14)7-10(16)8-13(15)17/h7-9,11,14,18H,2-6H2,1H3. The Bertz CT molecular complexity index is 495. The molecule has 110 valence electrons. The Hall–Kier alpha value is -0.480. The van der Waals surface area contributed by atoms with Gasteiger partial charge in [-0.05, 0) is 31.9 Å². The second-order valence-electron chi connectivity index (χ2n) is 5.57. The number of benzene rings is 1. The van der Waals surface area contributed by atoms with Crippen LogP contribution in [0.5, 0.6) is 5.75 Å². The maximum Gasteiger partial charge on any atom is 0.142 e. The van der Waals surface area contributed by atoms with Crippen molar-refractivity contribution in [2.45, 2.75) is 44.4 Å². The van der Waals surface area contributed by atoms with Gasteiger partial charge in [0.15, 0.2) is 0 Å². The molecule has 0 aliphatic carbocycles. The average molecular weight is 316 g/mol. The van der Waals surface area contributed by atoms with E-state index in [1.807, 2.05) is 6.07 Å². The molecule has 3 unspecified atom stereocenters. The van der Waals surface area contributed by atoms with Crippen LogP contribution in [-0.4, -0.2) is 25.4 Å². The SMILES string of the molecule is CC1CC(NC2CCOc3c(Cl)cc(Cl)cc32)CCO1. The van der Waals surface area contributed by atoms with E-state index in [2.05, 4.69) is 12.2 Å². The minimum absolute atomic E-state index is 0.255. The van der Waals surface area contributed by atoms with Crippen molar-refractivity contribution in [2.75, 3.05) is 13.2 Å². The van der Waals surface area contributed by atoms with Crippen LogP contribution < -0.4 is 10.1 Å². The van der Waals surface area contributed by atoms with E-state index in [0.29, 0.717) is 28.8 Å². The van der Waals surface area contributed by atoms with Gasteiger partial charge in [0.1, 0.15) is 5.75 Å². The second-order valence-corrected chi connectivity index (χ2v) is 6.41. The van der Waals surface area contributed by atoms with Crippen LogP contribution in [0.25, 0.3) is 0 Å². The third-order valence-corrected chi connectivity index (χ3v) is 4.49. The molecule has 2 heterocycles. The summed E-state index contributed by atoms with van der Waals surface area (Å²) >= 11 is 12.3. The molecule has 1 saturated heterocycles. The van der Waals surface area contributed by atoms with E-state index >= 15 is 0 Å². The minimum atomic E-state index is 0.255. The van der Waals surface area contributed by atoms with Crippen molar-refractivity contribution in [1.29, 1.82) is 0 Å². The molecule has 3 rings (SSSR count). The molecule has 1 fully saturated rings. The fourth-order valence-corrected chi connectivity index (χ4v) is 3.60. The Labute approximate surface area is 129 Å². The Morgan fingerprint density at radius 2 is 2.05 bits per heavy atom. The Morgan fingerprint density at radius 3 is 2.85 bits per heavy atom. The first kappa shape index (κ1) is 14.5. The topological polar surface area (TPSA) is 30.5 Å². The number of rotatable bonds is 2. The monoisotopic (exact) mass is 315 g/mol. The molecule has 0 spiro atoms. The smallest absolute Gasteiger partial charge is 0.142 e. The summed E-state index contributed by atoms with van der Waals surface area (Å²) < 4.78 is 11.3. The van der Waals surface area contributed by atoms with Crippen LogP contribution in [0.2, 0.25) is 10.0 Å². The maximum absolute atomic E-state index is 6.22. The summed E-state index contributed by atoms with van der Waals surface area (Å²) in [4.78, 5) is 0. The molecule has 0 bridgehead atoms. The normalized spacial score (nSPS) is 29.6. The summed E-state index contributed by atoms with van der Waals surface area (Å²) in [6.07, 6.45) is 3.35. The molecule has 1 N–H and O–H groups in total. The van der Waals surface area contributed by atoms with Gasteiger partial charge in [-0.1, -0.05) is 23.2 Å². The summed E-state index contributed by atoms with van der Waals surface area (Å²) in [5.74, 6) is 0.778. The van der Waals surface area contributed by atoms with E-state index in [0.717, 1.165) is 37.2 Å². The summed E-state index contributed by atoms with van der Waals surface area (Å²) in [7, 11) is 0. The van der Waals surface area contributed by atoms with Crippen molar-refractivity contribution < 1.29 is 9.47 Å². The molecular weight excluding hydrogens is 297 g/mol. The molecule has 20 heavy (non-hydrogen) atoms. The van der Waals surface area contributed by atoms with Crippen molar-refractivity contribution >= 4 is 23.2 Å². The van der Waals surface area contributed by atoms with Crippen LogP contribution in [0, 0.1) is 0 Å². The molecule has 0 radical (unpaired) electrons. The van der Waals surface area contributed by atoms with E-state index in [4.69, 9.17) is 32.7 Å². The summed E-state index contributed by atoms with van der Waals surface area (Å²) in [6.45, 7) is 3.63. The fraction of sp³-hybridized carbons (Fsp3) is 0.600. The van der Waals surface area contributed by atoms with Gasteiger partial charge in [-0.2, -0.15) is 0 Å². The highest BCUT2D eigenvalue weighted by Gasteiger charge is 2.28. The molecule has 3 atom stereocenters. The van der Waals surface area contributed by atoms with Crippen molar-refractivity contribution in [2.24, 2.45) is 0 Å². The molecule has 1 aromatic rings. The van der Waals surface area contributed by atoms with Gasteiger partial charge in [0.05, 0.1) is 17.7 Å². The lowest BCUT2D eigenvalue weighted by Crippen LogP contribution is -2.41. The molecule has 3 nitrogen and oxygen atoms in total. The minimum Gasteiger partial charge on any atom is -0.492 e. The number of fused-ring (bicyclic) bond motifs is 1. The van der Waals surface area contributed by atoms with Gasteiger partial charge in [-0.25, -0.2) is 0 Å². The van der Waals surface area contributed by atoms with Gasteiger partial charge >= 0.3 is 0 Å². The number of ether oxygens (including phenoxy) is 2. The van der Waals surface area contributed by atoms with Gasteiger partial charge < -0.3 is 14.8 Å². The Balaban J connectivity index is 1.79. The van der Waals surface area contributed by atoms with Gasteiger partial charge in [0.2, 0.25) is 0 Å². The third kappa shape index (κ3) is 3.06. The first-order valence-electron chi connectivity index (χ1n) is 7.13. The highest BCUT2D eigenvalue weighted by atomic mass is 35.5. The highest BCUT2D eigenvalue weighted by molar-refractivity contribution is 6.35. The molecular formula is C15H19Cl2NO2. The predicted octanol–water partition coefficient (Wildman–Crippen LogP) is 3.97. The molecule has 0 aromatic heterocycles. The lowest BCUT2D eigenvalue weighted by molar-refractivity contribution is 0.0102. The first-order chi connectivity index (χ1) is 9.63. The number of nitrogens with one attached hydrogen (secondary N) is 1. The van der Waals surface area contributed by atoms with E-state index in [1.165, 1.54) is 0 Å². The average Bonchev–Trinajstić information content (AvgIpc) is 2.40. The lowest BCUT2D eigenvalue weighted by atomic mass is 9.96. The van der Waals surface area contributed by atoms with Gasteiger partial charge in [-0.15, -0.1) is 0 Å². The van der Waals surface area contributed by atoms with E-state index in [9.17, 15) is 0 Å².